The van der Waals surface area contributed by atoms with Gasteiger partial charge >= 0.3 is 11.8 Å². The monoisotopic (exact) mass is 601 g/mol. The summed E-state index contributed by atoms with van der Waals surface area (Å²) in [7, 11) is -1.17. The number of aromatic nitrogens is 4. The Kier molecular flexibility index (Phi) is 9.87. The summed E-state index contributed by atoms with van der Waals surface area (Å²) in [6, 6.07) is 23.2. The number of rotatable bonds is 12. The summed E-state index contributed by atoms with van der Waals surface area (Å²) >= 11 is 0. The zero-order chi connectivity index (χ0) is 31.3. The van der Waals surface area contributed by atoms with Crippen molar-refractivity contribution in [2.75, 3.05) is 13.2 Å². The topological polar surface area (TPSA) is 90.2 Å². The molecule has 0 radical (unpaired) electrons. The fourth-order valence-corrected chi connectivity index (χ4v) is 4.88. The van der Waals surface area contributed by atoms with Crippen molar-refractivity contribution in [1.82, 2.24) is 15.1 Å². The molecule has 9 heteroatoms. The number of ether oxygens (including phenoxy) is 3. The Morgan fingerprint density at radius 1 is 0.860 bits per heavy atom. The van der Waals surface area contributed by atoms with Gasteiger partial charge in [0.15, 0.2) is 0 Å². The number of esters is 1. The summed E-state index contributed by atoms with van der Waals surface area (Å²) in [6.07, 6.45) is 1.77. The lowest BCUT2D eigenvalue weighted by molar-refractivity contribution is -0.772. The molecule has 0 fully saturated rings. The second-order valence-electron chi connectivity index (χ2n) is 13.7. The van der Waals surface area contributed by atoms with Gasteiger partial charge < -0.3 is 14.2 Å². The van der Waals surface area contributed by atoms with Crippen molar-refractivity contribution in [3.8, 4) is 39.8 Å². The first-order valence-corrected chi connectivity index (χ1v) is 18.5. The zero-order valence-electron chi connectivity index (χ0n) is 26.7. The van der Waals surface area contributed by atoms with E-state index in [-0.39, 0.29) is 12.6 Å². The van der Waals surface area contributed by atoms with Crippen LogP contribution in [0.1, 0.15) is 34.6 Å². The molecule has 0 aliphatic heterocycles. The average molecular weight is 602 g/mol. The molecular formula is C34H45N4O4Si+. The molecule has 4 rings (SSSR count). The average Bonchev–Trinajstić information content (AvgIpc) is 3.38. The molecule has 2 aromatic carbocycles. The van der Waals surface area contributed by atoms with Crippen molar-refractivity contribution >= 4 is 14.0 Å². The van der Waals surface area contributed by atoms with Crippen molar-refractivity contribution in [1.29, 1.82) is 0 Å². The van der Waals surface area contributed by atoms with Crippen LogP contribution in [0.15, 0.2) is 72.9 Å². The van der Waals surface area contributed by atoms with Gasteiger partial charge in [-0.25, -0.2) is 4.98 Å². The van der Waals surface area contributed by atoms with Crippen LogP contribution in [-0.4, -0.2) is 47.9 Å². The Bertz CT molecular complexity index is 1490. The van der Waals surface area contributed by atoms with Gasteiger partial charge in [-0.2, -0.15) is 5.10 Å². The van der Waals surface area contributed by atoms with E-state index in [0.29, 0.717) is 12.6 Å². The molecule has 43 heavy (non-hydrogen) atoms. The van der Waals surface area contributed by atoms with E-state index in [2.05, 4.69) is 54.0 Å². The molecule has 0 unspecified atom stereocenters. The smallest absolute Gasteiger partial charge is 0.353 e. The number of nitrogens with one attached hydrogen (secondary N) is 1. The van der Waals surface area contributed by atoms with Crippen molar-refractivity contribution in [3.05, 3.63) is 72.9 Å². The van der Waals surface area contributed by atoms with E-state index < -0.39 is 19.1 Å². The second-order valence-corrected chi connectivity index (χ2v) is 19.3. The second kappa shape index (κ2) is 13.2. The van der Waals surface area contributed by atoms with E-state index in [9.17, 15) is 4.79 Å². The molecule has 4 aromatic rings. The Morgan fingerprint density at radius 3 is 2.12 bits per heavy atom. The summed E-state index contributed by atoms with van der Waals surface area (Å²) in [5.74, 6) is 1.76. The Labute approximate surface area is 256 Å². The molecule has 2 heterocycles. The van der Waals surface area contributed by atoms with Crippen LogP contribution < -0.4 is 9.42 Å². The number of H-pyrrole nitrogens is 1. The Balaban J connectivity index is 1.44. The highest BCUT2D eigenvalue weighted by molar-refractivity contribution is 6.76. The van der Waals surface area contributed by atoms with E-state index in [4.69, 9.17) is 19.2 Å². The number of hydrogen-bond acceptors (Lipinski definition) is 6. The van der Waals surface area contributed by atoms with Gasteiger partial charge in [-0.05, 0) is 81.5 Å². The number of pyridine rings is 1. The number of hydrogen-bond donors (Lipinski definition) is 1. The molecule has 0 aliphatic carbocycles. The van der Waals surface area contributed by atoms with Gasteiger partial charge in [0.1, 0.15) is 12.2 Å². The van der Waals surface area contributed by atoms with Crippen LogP contribution in [0.25, 0.3) is 33.9 Å². The molecule has 0 saturated carbocycles. The van der Waals surface area contributed by atoms with E-state index in [0.717, 1.165) is 46.6 Å². The molecule has 8 nitrogen and oxygen atoms in total. The fraction of sp³-hybridized carbons (Fsp3) is 0.412. The third kappa shape index (κ3) is 9.33. The number of nitrogens with zero attached hydrogens (tertiary/aromatic N) is 3. The molecule has 0 aliphatic rings. The van der Waals surface area contributed by atoms with Gasteiger partial charge in [-0.1, -0.05) is 50.0 Å². The first-order chi connectivity index (χ1) is 20.2. The highest BCUT2D eigenvalue weighted by Gasteiger charge is 2.33. The van der Waals surface area contributed by atoms with Crippen LogP contribution >= 0.6 is 0 Å². The van der Waals surface area contributed by atoms with Gasteiger partial charge in [-0.15, -0.1) is 4.68 Å². The number of carbonyl (C=O) groups excluding carboxylic acids is 1. The maximum absolute atomic E-state index is 12.5. The lowest BCUT2D eigenvalue weighted by atomic mass is 9.94. The van der Waals surface area contributed by atoms with Crippen LogP contribution in [0.2, 0.25) is 25.7 Å². The predicted octanol–water partition coefficient (Wildman–Crippen LogP) is 7.15. The Morgan fingerprint density at radius 2 is 1.51 bits per heavy atom. The molecule has 0 amide bonds. The molecule has 0 saturated heterocycles. The molecule has 1 N–H and O–H groups in total. The lowest BCUT2D eigenvalue weighted by Crippen LogP contribution is -2.39. The maximum Gasteiger partial charge on any atom is 0.353 e. The van der Waals surface area contributed by atoms with Crippen LogP contribution in [0.5, 0.6) is 5.88 Å². The zero-order valence-corrected chi connectivity index (χ0v) is 27.7. The quantitative estimate of drug-likeness (QED) is 0.0803. The highest BCUT2D eigenvalue weighted by atomic mass is 28.3. The minimum absolute atomic E-state index is 0.167. The van der Waals surface area contributed by atoms with Crippen LogP contribution in [-0.2, 0) is 21.0 Å². The third-order valence-electron chi connectivity index (χ3n) is 6.72. The van der Waals surface area contributed by atoms with E-state index in [1.165, 1.54) is 0 Å². The highest BCUT2D eigenvalue weighted by Crippen LogP contribution is 2.26. The maximum atomic E-state index is 12.5. The first kappa shape index (κ1) is 32.1. The summed E-state index contributed by atoms with van der Waals surface area (Å²) in [5.41, 5.74) is 2.63. The van der Waals surface area contributed by atoms with Crippen molar-refractivity contribution in [2.45, 2.75) is 72.6 Å². The predicted molar refractivity (Wildman–Crippen MR) is 172 cm³/mol. The number of carbonyl (C=O) groups is 1. The molecule has 0 atom stereocenters. The van der Waals surface area contributed by atoms with Crippen LogP contribution in [0.3, 0.4) is 0 Å². The molecule has 228 valence electrons. The van der Waals surface area contributed by atoms with Crippen LogP contribution in [0, 0.1) is 5.41 Å². The fourth-order valence-electron chi connectivity index (χ4n) is 4.12. The van der Waals surface area contributed by atoms with Gasteiger partial charge in [0.05, 0.1) is 11.0 Å². The summed E-state index contributed by atoms with van der Waals surface area (Å²) in [5, 5.41) is 3.44. The van der Waals surface area contributed by atoms with Crippen molar-refractivity contribution in [2.24, 2.45) is 5.41 Å². The lowest BCUT2D eigenvalue weighted by Gasteiger charge is -2.28. The summed E-state index contributed by atoms with van der Waals surface area (Å²) < 4.78 is 19.4. The third-order valence-corrected chi connectivity index (χ3v) is 8.43. The minimum atomic E-state index is -1.17. The molecule has 0 spiro atoms. The normalized spacial score (nSPS) is 12.3. The standard InChI is InChI=1S/C34H44N4O4Si/c1-33(2,3)42-32(39)34(4,5)23-41-29-19-18-28(22-35-29)25-14-16-26(17-15-25)30-36-31(27-12-10-9-11-13-27)38(37-30)24-40-20-21-43(6,7)8/h9-19,22H,20-21,23-24H2,1-8H3/p+1. The molecule has 2 aromatic heterocycles. The minimum Gasteiger partial charge on any atom is -0.476 e. The number of benzene rings is 2. The Hall–Kier alpha value is -3.82. The first-order valence-electron chi connectivity index (χ1n) is 14.8. The summed E-state index contributed by atoms with van der Waals surface area (Å²) in [4.78, 5) is 21.9. The number of aromatic amines is 1. The van der Waals surface area contributed by atoms with Gasteiger partial charge in [0.2, 0.25) is 12.6 Å². The molecular weight excluding hydrogens is 556 g/mol. The van der Waals surface area contributed by atoms with Gasteiger partial charge in [0, 0.05) is 38.1 Å². The molecule has 0 bridgehead atoms. The summed E-state index contributed by atoms with van der Waals surface area (Å²) in [6.45, 7) is 17.5. The van der Waals surface area contributed by atoms with Gasteiger partial charge in [-0.3, -0.25) is 4.79 Å². The van der Waals surface area contributed by atoms with E-state index in [1.807, 2.05) is 81.8 Å². The van der Waals surface area contributed by atoms with Crippen LogP contribution in [0.4, 0.5) is 0 Å². The van der Waals surface area contributed by atoms with Crippen molar-refractivity contribution < 1.29 is 23.7 Å². The van der Waals surface area contributed by atoms with Gasteiger partial charge in [0.25, 0.3) is 5.82 Å². The van der Waals surface area contributed by atoms with Crippen molar-refractivity contribution in [3.63, 3.8) is 0 Å². The van der Waals surface area contributed by atoms with E-state index >= 15 is 0 Å². The largest absolute Gasteiger partial charge is 0.476 e. The SMILES string of the molecule is CC(C)(C)OC(=O)C(C)(C)COc1ccc(-c2ccc(-c3nc(-c4ccccc4)[n+](COCC[Si](C)(C)C)[nH]3)cc2)cn1. The van der Waals surface area contributed by atoms with E-state index in [1.54, 1.807) is 6.20 Å².